The standard InChI is InChI=1S/3C3H7NO2.Nd/c3*1-4(2)3(5)6;/h3*1-2H3,(H,5,6);/q;;;+3/p-3. The maximum Gasteiger partial charge on any atom is 3.00 e. The first-order valence-corrected chi connectivity index (χ1v) is 4.58. The summed E-state index contributed by atoms with van der Waals surface area (Å²) in [6.07, 6.45) is -3.47. The molecule has 10 heteroatoms. The van der Waals surface area contributed by atoms with Gasteiger partial charge in [0.15, 0.2) is 0 Å². The zero-order valence-electron chi connectivity index (χ0n) is 11.8. The fraction of sp³-hybridized carbons (Fsp3) is 0.667. The van der Waals surface area contributed by atoms with Gasteiger partial charge in [0.05, 0.1) is 0 Å². The van der Waals surface area contributed by atoms with Crippen molar-refractivity contribution in [3.8, 4) is 0 Å². The van der Waals surface area contributed by atoms with E-state index in [2.05, 4.69) is 0 Å². The number of hydrogen-bond donors (Lipinski definition) is 0. The third-order valence-corrected chi connectivity index (χ3v) is 1.10. The smallest absolute Gasteiger partial charge is 0.530 e. The van der Waals surface area contributed by atoms with E-state index in [1.165, 1.54) is 42.3 Å². The Morgan fingerprint density at radius 3 is 0.632 bits per heavy atom. The van der Waals surface area contributed by atoms with Gasteiger partial charge in [-0.1, -0.05) is 0 Å². The number of carbonyl (C=O) groups is 3. The van der Waals surface area contributed by atoms with E-state index >= 15 is 0 Å². The van der Waals surface area contributed by atoms with E-state index in [-0.39, 0.29) is 40.8 Å². The van der Waals surface area contributed by atoms with Crippen LogP contribution in [-0.2, 0) is 0 Å². The summed E-state index contributed by atoms with van der Waals surface area (Å²) in [5, 5.41) is 28.5. The summed E-state index contributed by atoms with van der Waals surface area (Å²) in [5.74, 6) is 0. The van der Waals surface area contributed by atoms with Crippen LogP contribution < -0.4 is 15.3 Å². The SMILES string of the molecule is CN(C)C(=O)[O-].CN(C)C(=O)[O-].CN(C)C(=O)[O-].[Nd+3]. The molecule has 0 aromatic rings. The monoisotopic (exact) mass is 406 g/mol. The Bertz CT molecular complexity index is 228. The molecule has 0 spiro atoms. The van der Waals surface area contributed by atoms with E-state index in [1.807, 2.05) is 0 Å². The van der Waals surface area contributed by atoms with Crippen molar-refractivity contribution in [2.24, 2.45) is 0 Å². The van der Waals surface area contributed by atoms with Gasteiger partial charge in [0.2, 0.25) is 0 Å². The quantitative estimate of drug-likeness (QED) is 0.412. The average molecular weight is 408 g/mol. The molecule has 0 saturated heterocycles. The molecule has 0 saturated carbocycles. The van der Waals surface area contributed by atoms with Crippen molar-refractivity contribution in [3.05, 3.63) is 0 Å². The first-order chi connectivity index (χ1) is 7.93. The molecule has 0 N–H and O–H groups in total. The van der Waals surface area contributed by atoms with Crippen LogP contribution in [0.1, 0.15) is 0 Å². The second-order valence-corrected chi connectivity index (χ2v) is 3.48. The molecule has 0 aliphatic rings. The summed E-state index contributed by atoms with van der Waals surface area (Å²) in [6.45, 7) is 0. The van der Waals surface area contributed by atoms with Crippen LogP contribution >= 0.6 is 0 Å². The fourth-order valence-electron chi connectivity index (χ4n) is 0. The normalized spacial score (nSPS) is 7.26. The summed E-state index contributed by atoms with van der Waals surface area (Å²) < 4.78 is 0. The molecule has 0 aromatic heterocycles. The predicted octanol–water partition coefficient (Wildman–Crippen LogP) is -3.33. The second-order valence-electron chi connectivity index (χ2n) is 3.48. The molecule has 0 atom stereocenters. The van der Waals surface area contributed by atoms with Crippen LogP contribution in [-0.4, -0.2) is 75.3 Å². The average Bonchev–Trinajstić information content (AvgIpc) is 2.18. The zero-order chi connectivity index (χ0) is 15.5. The van der Waals surface area contributed by atoms with Crippen molar-refractivity contribution >= 4 is 18.3 Å². The molecule has 0 aliphatic heterocycles. The molecule has 1 radical (unpaired) electrons. The van der Waals surface area contributed by atoms with Gasteiger partial charge in [-0.05, 0) is 0 Å². The van der Waals surface area contributed by atoms with Gasteiger partial charge in [-0.15, -0.1) is 0 Å². The summed E-state index contributed by atoms with van der Waals surface area (Å²) in [4.78, 5) is 31.5. The first-order valence-electron chi connectivity index (χ1n) is 4.58. The largest absolute Gasteiger partial charge is 3.00 e. The van der Waals surface area contributed by atoms with Crippen LogP contribution in [0.15, 0.2) is 0 Å². The van der Waals surface area contributed by atoms with Gasteiger partial charge in [-0.25, -0.2) is 0 Å². The van der Waals surface area contributed by atoms with E-state index in [1.54, 1.807) is 0 Å². The van der Waals surface area contributed by atoms with Gasteiger partial charge in [0.25, 0.3) is 0 Å². The van der Waals surface area contributed by atoms with E-state index < -0.39 is 18.3 Å². The van der Waals surface area contributed by atoms with E-state index in [0.29, 0.717) is 0 Å². The van der Waals surface area contributed by atoms with Gasteiger partial charge < -0.3 is 44.4 Å². The Morgan fingerprint density at radius 2 is 0.632 bits per heavy atom. The molecule has 19 heavy (non-hydrogen) atoms. The van der Waals surface area contributed by atoms with Crippen LogP contribution in [0.3, 0.4) is 0 Å². The molecule has 109 valence electrons. The topological polar surface area (TPSA) is 130 Å². The molecule has 9 nitrogen and oxygen atoms in total. The Labute approximate surface area is 145 Å². The van der Waals surface area contributed by atoms with E-state index in [9.17, 15) is 29.7 Å². The third kappa shape index (κ3) is 31.7. The summed E-state index contributed by atoms with van der Waals surface area (Å²) in [7, 11) is 8.47. The van der Waals surface area contributed by atoms with Crippen LogP contribution in [0.2, 0.25) is 0 Å². The number of amides is 3. The molecule has 0 aromatic carbocycles. The van der Waals surface area contributed by atoms with Crippen LogP contribution in [0, 0.1) is 40.8 Å². The molecule has 0 rings (SSSR count). The summed E-state index contributed by atoms with van der Waals surface area (Å²) in [6, 6.07) is 0. The minimum Gasteiger partial charge on any atom is -0.530 e. The van der Waals surface area contributed by atoms with E-state index in [0.717, 1.165) is 14.7 Å². The Hall–Kier alpha value is -0.839. The van der Waals surface area contributed by atoms with Crippen molar-refractivity contribution in [1.82, 2.24) is 14.7 Å². The Morgan fingerprint density at radius 1 is 0.579 bits per heavy atom. The maximum absolute atomic E-state index is 9.51. The summed E-state index contributed by atoms with van der Waals surface area (Å²) >= 11 is 0. The minimum absolute atomic E-state index is 0. The van der Waals surface area contributed by atoms with Gasteiger partial charge >= 0.3 is 40.8 Å². The number of hydrogen-bond acceptors (Lipinski definition) is 6. The first kappa shape index (κ1) is 26.7. The van der Waals surface area contributed by atoms with Gasteiger partial charge in [-0.3, -0.25) is 0 Å². The summed E-state index contributed by atoms with van der Waals surface area (Å²) in [5.41, 5.74) is 0. The molecular formula is C9H18N3NdO6. The molecule has 0 aliphatic carbocycles. The zero-order valence-corrected chi connectivity index (χ0v) is 15.0. The predicted molar refractivity (Wildman–Crippen MR) is 57.2 cm³/mol. The second kappa shape index (κ2) is 15.2. The van der Waals surface area contributed by atoms with Gasteiger partial charge in [-0.2, -0.15) is 0 Å². The van der Waals surface area contributed by atoms with Gasteiger partial charge in [0.1, 0.15) is 18.3 Å². The molecular weight excluding hydrogens is 390 g/mol. The van der Waals surface area contributed by atoms with Crippen molar-refractivity contribution in [1.29, 1.82) is 0 Å². The molecule has 0 bridgehead atoms. The van der Waals surface area contributed by atoms with Crippen molar-refractivity contribution in [2.75, 3.05) is 42.3 Å². The molecule has 0 unspecified atom stereocenters. The van der Waals surface area contributed by atoms with Crippen LogP contribution in [0.5, 0.6) is 0 Å². The number of carboxylic acid groups (broad SMARTS) is 3. The van der Waals surface area contributed by atoms with E-state index in [4.69, 9.17) is 0 Å². The minimum atomic E-state index is -1.16. The van der Waals surface area contributed by atoms with Crippen LogP contribution in [0.25, 0.3) is 0 Å². The maximum atomic E-state index is 9.51. The number of carbonyl (C=O) groups excluding carboxylic acids is 3. The van der Waals surface area contributed by atoms with Crippen molar-refractivity contribution in [3.63, 3.8) is 0 Å². The molecule has 0 fully saturated rings. The fourth-order valence-corrected chi connectivity index (χ4v) is 0. The Balaban J connectivity index is -0.0000000865. The molecule has 3 amide bonds. The third-order valence-electron chi connectivity index (χ3n) is 1.10. The van der Waals surface area contributed by atoms with Crippen LogP contribution in [0.4, 0.5) is 14.4 Å². The Kier molecular flexibility index (Phi) is 21.4. The number of nitrogens with zero attached hydrogens (tertiary/aromatic N) is 3. The van der Waals surface area contributed by atoms with Crippen molar-refractivity contribution < 1.29 is 70.5 Å². The number of rotatable bonds is 0. The van der Waals surface area contributed by atoms with Crippen molar-refractivity contribution in [2.45, 2.75) is 0 Å². The molecule has 0 heterocycles. The van der Waals surface area contributed by atoms with Gasteiger partial charge in [0, 0.05) is 42.3 Å².